The Hall–Kier alpha value is -1.31. The van der Waals surface area contributed by atoms with Crippen molar-refractivity contribution in [2.45, 2.75) is 53.6 Å². The van der Waals surface area contributed by atoms with Crippen molar-refractivity contribution in [3.05, 3.63) is 36.0 Å². The Balaban J connectivity index is 2.28. The van der Waals surface area contributed by atoms with Crippen molar-refractivity contribution in [3.8, 4) is 0 Å². The molecule has 0 aromatic rings. The van der Waals surface area contributed by atoms with Crippen LogP contribution >= 0.6 is 0 Å². The van der Waals surface area contributed by atoms with Crippen molar-refractivity contribution in [2.24, 2.45) is 29.6 Å². The van der Waals surface area contributed by atoms with E-state index in [0.717, 1.165) is 12.8 Å². The first kappa shape index (κ1) is 17.1. The van der Waals surface area contributed by atoms with Gasteiger partial charge in [-0.05, 0) is 43.1 Å². The van der Waals surface area contributed by atoms with Gasteiger partial charge in [-0.2, -0.15) is 0 Å². The third kappa shape index (κ3) is 3.53. The molecule has 122 valence electrons. The molecule has 0 aromatic heterocycles. The first-order valence-electron chi connectivity index (χ1n) is 8.71. The molecule has 2 nitrogen and oxygen atoms in total. The van der Waals surface area contributed by atoms with Crippen molar-refractivity contribution in [1.82, 2.24) is 0 Å². The fourth-order valence-corrected chi connectivity index (χ4v) is 3.66. The third-order valence-corrected chi connectivity index (χ3v) is 5.18. The second kappa shape index (κ2) is 7.30. The van der Waals surface area contributed by atoms with E-state index in [4.69, 9.17) is 4.74 Å². The summed E-state index contributed by atoms with van der Waals surface area (Å²) in [6.45, 7) is 10.5. The Bertz CT molecular complexity index is 486. The Morgan fingerprint density at radius 1 is 1.45 bits per heavy atom. The van der Waals surface area contributed by atoms with Gasteiger partial charge in [0, 0.05) is 5.92 Å². The molecule has 0 radical (unpaired) electrons. The fourth-order valence-electron chi connectivity index (χ4n) is 3.66. The number of fused-ring (bicyclic) bond motifs is 1. The highest BCUT2D eigenvalue weighted by Gasteiger charge is 2.40. The molecule has 2 aliphatic rings. The van der Waals surface area contributed by atoms with E-state index >= 15 is 0 Å². The number of hydrogen-bond acceptors (Lipinski definition) is 2. The predicted octanol–water partition coefficient (Wildman–Crippen LogP) is 4.92. The molecule has 0 spiro atoms. The highest BCUT2D eigenvalue weighted by molar-refractivity contribution is 5.72. The summed E-state index contributed by atoms with van der Waals surface area (Å²) in [6, 6.07) is 0. The predicted molar refractivity (Wildman–Crippen MR) is 91.3 cm³/mol. The van der Waals surface area contributed by atoms with Gasteiger partial charge < -0.3 is 4.74 Å². The fraction of sp³-hybridized carbons (Fsp3) is 0.650. The number of rotatable bonds is 4. The average Bonchev–Trinajstić information content (AvgIpc) is 2.49. The van der Waals surface area contributed by atoms with Crippen molar-refractivity contribution >= 4 is 5.97 Å². The average molecular weight is 302 g/mol. The topological polar surface area (TPSA) is 26.3 Å². The van der Waals surface area contributed by atoms with Gasteiger partial charge in [0.2, 0.25) is 0 Å². The van der Waals surface area contributed by atoms with E-state index in [1.807, 2.05) is 13.8 Å². The molecule has 0 fully saturated rings. The third-order valence-electron chi connectivity index (χ3n) is 5.18. The molecule has 0 aromatic carbocycles. The molecule has 0 heterocycles. The SMILES string of the molecule is C/C=C/[C@@H]1[C@@H]2C(=CC(C)C[C@@H]2OC(=O)C(C)CC)C=C[C@@H]1C. The zero-order chi connectivity index (χ0) is 16.3. The molecular formula is C20H30O2. The van der Waals surface area contributed by atoms with Crippen molar-refractivity contribution in [2.75, 3.05) is 0 Å². The van der Waals surface area contributed by atoms with Crippen molar-refractivity contribution in [3.63, 3.8) is 0 Å². The number of esters is 1. The summed E-state index contributed by atoms with van der Waals surface area (Å²) < 4.78 is 5.96. The van der Waals surface area contributed by atoms with Gasteiger partial charge in [0.15, 0.2) is 0 Å². The molecule has 0 saturated carbocycles. The quantitative estimate of drug-likeness (QED) is 0.544. The maximum absolute atomic E-state index is 12.3. The van der Waals surface area contributed by atoms with Gasteiger partial charge in [-0.15, -0.1) is 0 Å². The van der Waals surface area contributed by atoms with Crippen LogP contribution in [-0.2, 0) is 9.53 Å². The second-order valence-corrected chi connectivity index (χ2v) is 7.01. The number of carbonyl (C=O) groups is 1. The lowest BCUT2D eigenvalue weighted by molar-refractivity contribution is -0.157. The number of hydrogen-bond donors (Lipinski definition) is 0. The van der Waals surface area contributed by atoms with E-state index in [2.05, 4.69) is 51.2 Å². The lowest BCUT2D eigenvalue weighted by atomic mass is 9.66. The van der Waals surface area contributed by atoms with Crippen LogP contribution in [0.4, 0.5) is 0 Å². The molecule has 22 heavy (non-hydrogen) atoms. The van der Waals surface area contributed by atoms with E-state index in [1.165, 1.54) is 5.57 Å². The van der Waals surface area contributed by atoms with E-state index in [-0.39, 0.29) is 18.0 Å². The summed E-state index contributed by atoms with van der Waals surface area (Å²) in [5.74, 6) is 1.62. The molecule has 0 saturated heterocycles. The summed E-state index contributed by atoms with van der Waals surface area (Å²) >= 11 is 0. The van der Waals surface area contributed by atoms with Crippen LogP contribution in [-0.4, -0.2) is 12.1 Å². The van der Waals surface area contributed by atoms with Gasteiger partial charge in [-0.1, -0.05) is 58.1 Å². The monoisotopic (exact) mass is 302 g/mol. The highest BCUT2D eigenvalue weighted by Crippen LogP contribution is 2.43. The van der Waals surface area contributed by atoms with Crippen LogP contribution in [0.1, 0.15) is 47.5 Å². The summed E-state index contributed by atoms with van der Waals surface area (Å²) in [5.41, 5.74) is 1.35. The van der Waals surface area contributed by atoms with E-state index in [0.29, 0.717) is 23.7 Å². The molecule has 0 amide bonds. The zero-order valence-corrected chi connectivity index (χ0v) is 14.6. The van der Waals surface area contributed by atoms with Gasteiger partial charge in [-0.25, -0.2) is 0 Å². The lowest BCUT2D eigenvalue weighted by Gasteiger charge is -2.42. The van der Waals surface area contributed by atoms with Crippen molar-refractivity contribution < 1.29 is 9.53 Å². The molecule has 6 atom stereocenters. The minimum Gasteiger partial charge on any atom is -0.461 e. The van der Waals surface area contributed by atoms with Crippen LogP contribution in [0.2, 0.25) is 0 Å². The minimum absolute atomic E-state index is 0.00472. The van der Waals surface area contributed by atoms with Gasteiger partial charge in [0.05, 0.1) is 5.92 Å². The maximum atomic E-state index is 12.3. The smallest absolute Gasteiger partial charge is 0.308 e. The first-order valence-corrected chi connectivity index (χ1v) is 8.71. The largest absolute Gasteiger partial charge is 0.461 e. The summed E-state index contributed by atoms with van der Waals surface area (Å²) in [6.07, 6.45) is 13.1. The molecule has 2 unspecified atom stereocenters. The van der Waals surface area contributed by atoms with Gasteiger partial charge in [0.25, 0.3) is 0 Å². The molecular weight excluding hydrogens is 272 g/mol. The van der Waals surface area contributed by atoms with Crippen LogP contribution in [0.15, 0.2) is 36.0 Å². The molecule has 0 bridgehead atoms. The summed E-state index contributed by atoms with van der Waals surface area (Å²) in [7, 11) is 0. The van der Waals surface area contributed by atoms with Crippen LogP contribution in [0.25, 0.3) is 0 Å². The first-order chi connectivity index (χ1) is 10.5. The standard InChI is InChI=1S/C20H30O2/c1-6-8-17-15(5)9-10-16-11-13(3)12-18(19(16)17)22-20(21)14(4)7-2/h6,8-11,13-15,17-19H,7,12H2,1-5H3/b8-6+/t13?,14?,15-,17-,18-,19-/m0/s1. The van der Waals surface area contributed by atoms with Crippen LogP contribution in [0.3, 0.4) is 0 Å². The Morgan fingerprint density at radius 2 is 2.18 bits per heavy atom. The van der Waals surface area contributed by atoms with Crippen LogP contribution in [0, 0.1) is 29.6 Å². The zero-order valence-electron chi connectivity index (χ0n) is 14.6. The number of allylic oxidation sites excluding steroid dienone is 5. The molecule has 2 heteroatoms. The summed E-state index contributed by atoms with van der Waals surface area (Å²) in [5, 5.41) is 0. The lowest BCUT2D eigenvalue weighted by Crippen LogP contribution is -2.40. The van der Waals surface area contributed by atoms with E-state index in [1.54, 1.807) is 0 Å². The van der Waals surface area contributed by atoms with Gasteiger partial charge >= 0.3 is 5.97 Å². The van der Waals surface area contributed by atoms with Gasteiger partial charge in [0.1, 0.15) is 6.10 Å². The Labute approximate surface area is 135 Å². The summed E-state index contributed by atoms with van der Waals surface area (Å²) in [4.78, 5) is 12.3. The molecule has 0 aliphatic heterocycles. The highest BCUT2D eigenvalue weighted by atomic mass is 16.5. The Morgan fingerprint density at radius 3 is 2.82 bits per heavy atom. The normalized spacial score (nSPS) is 35.9. The van der Waals surface area contributed by atoms with Gasteiger partial charge in [-0.3, -0.25) is 4.79 Å². The maximum Gasteiger partial charge on any atom is 0.308 e. The molecule has 2 rings (SSSR count). The Kier molecular flexibility index (Phi) is 5.66. The van der Waals surface area contributed by atoms with Crippen molar-refractivity contribution in [1.29, 1.82) is 0 Å². The molecule has 2 aliphatic carbocycles. The van der Waals surface area contributed by atoms with E-state index in [9.17, 15) is 4.79 Å². The number of carbonyl (C=O) groups excluding carboxylic acids is 1. The van der Waals surface area contributed by atoms with Crippen LogP contribution in [0.5, 0.6) is 0 Å². The number of ether oxygens (including phenoxy) is 1. The molecule has 0 N–H and O–H groups in total. The van der Waals surface area contributed by atoms with Crippen LogP contribution < -0.4 is 0 Å². The minimum atomic E-state index is -0.0395. The van der Waals surface area contributed by atoms with E-state index < -0.39 is 0 Å². The second-order valence-electron chi connectivity index (χ2n) is 7.01.